The maximum absolute atomic E-state index is 12.2. The van der Waals surface area contributed by atoms with Crippen molar-refractivity contribution in [1.29, 1.82) is 0 Å². The van der Waals surface area contributed by atoms with Gasteiger partial charge in [-0.25, -0.2) is 0 Å². The highest BCUT2D eigenvalue weighted by molar-refractivity contribution is 6.04. The van der Waals surface area contributed by atoms with Gasteiger partial charge in [-0.3, -0.25) is 4.79 Å². The Labute approximate surface area is 124 Å². The van der Waals surface area contributed by atoms with Crippen LogP contribution in [0, 0.1) is 6.92 Å². The number of carbonyl (C=O) groups is 1. The summed E-state index contributed by atoms with van der Waals surface area (Å²) in [6.07, 6.45) is 1.51. The van der Waals surface area contributed by atoms with Gasteiger partial charge in [0, 0.05) is 23.5 Å². The molecule has 0 aromatic heterocycles. The molecule has 0 saturated heterocycles. The van der Waals surface area contributed by atoms with Crippen molar-refractivity contribution in [3.63, 3.8) is 0 Å². The molecular formula is C17H20N2O2. The van der Waals surface area contributed by atoms with Crippen LogP contribution in [0.25, 0.3) is 0 Å². The Morgan fingerprint density at radius 3 is 2.76 bits per heavy atom. The smallest absolute Gasteiger partial charge is 0.255 e. The van der Waals surface area contributed by atoms with Gasteiger partial charge in [-0.2, -0.15) is 0 Å². The molecule has 0 atom stereocenters. The predicted molar refractivity (Wildman–Crippen MR) is 85.4 cm³/mol. The number of aliphatic hydroxyl groups excluding tert-OH is 1. The molecule has 4 N–H and O–H groups in total. The molecule has 110 valence electrons. The van der Waals surface area contributed by atoms with Crippen molar-refractivity contribution in [2.45, 2.75) is 19.8 Å². The quantitative estimate of drug-likeness (QED) is 0.739. The van der Waals surface area contributed by atoms with E-state index >= 15 is 0 Å². The average Bonchev–Trinajstić information content (AvgIpc) is 2.48. The summed E-state index contributed by atoms with van der Waals surface area (Å²) in [7, 11) is 0. The van der Waals surface area contributed by atoms with Crippen molar-refractivity contribution in [1.82, 2.24) is 0 Å². The van der Waals surface area contributed by atoms with E-state index in [-0.39, 0.29) is 12.5 Å². The molecule has 2 aromatic carbocycles. The lowest BCUT2D eigenvalue weighted by atomic mass is 10.1. The van der Waals surface area contributed by atoms with E-state index in [2.05, 4.69) is 5.32 Å². The van der Waals surface area contributed by atoms with Gasteiger partial charge in [0.25, 0.3) is 5.91 Å². The van der Waals surface area contributed by atoms with E-state index in [1.54, 1.807) is 18.2 Å². The van der Waals surface area contributed by atoms with Crippen LogP contribution < -0.4 is 11.1 Å². The highest BCUT2D eigenvalue weighted by atomic mass is 16.2. The van der Waals surface area contributed by atoms with E-state index in [1.807, 2.05) is 31.2 Å². The van der Waals surface area contributed by atoms with E-state index in [1.165, 1.54) is 0 Å². The van der Waals surface area contributed by atoms with E-state index in [0.717, 1.165) is 23.2 Å². The normalized spacial score (nSPS) is 10.4. The summed E-state index contributed by atoms with van der Waals surface area (Å²) in [5, 5.41) is 11.7. The van der Waals surface area contributed by atoms with Crippen molar-refractivity contribution >= 4 is 17.3 Å². The summed E-state index contributed by atoms with van der Waals surface area (Å²) in [5.41, 5.74) is 9.76. The summed E-state index contributed by atoms with van der Waals surface area (Å²) in [4.78, 5) is 12.2. The second kappa shape index (κ2) is 6.90. The zero-order chi connectivity index (χ0) is 15.2. The molecule has 4 heteroatoms. The number of hydrogen-bond donors (Lipinski definition) is 3. The minimum absolute atomic E-state index is 0.155. The molecule has 0 saturated carbocycles. The molecule has 0 radical (unpaired) electrons. The van der Waals surface area contributed by atoms with E-state index in [9.17, 15) is 4.79 Å². The first kappa shape index (κ1) is 15.1. The van der Waals surface area contributed by atoms with Crippen LogP contribution in [-0.2, 0) is 6.42 Å². The molecule has 0 fully saturated rings. The van der Waals surface area contributed by atoms with Gasteiger partial charge in [0.1, 0.15) is 0 Å². The molecule has 0 aliphatic rings. The van der Waals surface area contributed by atoms with Crippen molar-refractivity contribution in [2.75, 3.05) is 17.7 Å². The lowest BCUT2D eigenvalue weighted by Gasteiger charge is -2.08. The van der Waals surface area contributed by atoms with Crippen LogP contribution in [0.15, 0.2) is 42.5 Å². The van der Waals surface area contributed by atoms with Gasteiger partial charge < -0.3 is 16.2 Å². The van der Waals surface area contributed by atoms with Crippen molar-refractivity contribution in [3.05, 3.63) is 59.2 Å². The fraction of sp³-hybridized carbons (Fsp3) is 0.235. The Bertz CT molecular complexity index is 638. The minimum Gasteiger partial charge on any atom is -0.399 e. The van der Waals surface area contributed by atoms with Crippen LogP contribution in [0.5, 0.6) is 0 Å². The van der Waals surface area contributed by atoms with Crippen LogP contribution in [0.3, 0.4) is 0 Å². The molecule has 0 aliphatic carbocycles. The second-order valence-electron chi connectivity index (χ2n) is 5.05. The molecule has 0 unspecified atom stereocenters. The van der Waals surface area contributed by atoms with Gasteiger partial charge >= 0.3 is 0 Å². The van der Waals surface area contributed by atoms with Crippen LogP contribution in [0.2, 0.25) is 0 Å². The topological polar surface area (TPSA) is 75.3 Å². The van der Waals surface area contributed by atoms with Crippen LogP contribution >= 0.6 is 0 Å². The summed E-state index contributed by atoms with van der Waals surface area (Å²) < 4.78 is 0. The number of rotatable bonds is 5. The third-order valence-corrected chi connectivity index (χ3v) is 3.34. The van der Waals surface area contributed by atoms with Crippen molar-refractivity contribution < 1.29 is 9.90 Å². The molecule has 0 bridgehead atoms. The number of hydrogen-bond acceptors (Lipinski definition) is 3. The van der Waals surface area contributed by atoms with Gasteiger partial charge in [-0.05, 0) is 61.2 Å². The Morgan fingerprint density at radius 1 is 1.24 bits per heavy atom. The number of carbonyl (C=O) groups excluding carboxylic acids is 1. The molecule has 1 amide bonds. The zero-order valence-corrected chi connectivity index (χ0v) is 12.1. The standard InChI is InChI=1S/C17H20N2O2/c1-12-10-14(7-8-16(12)18)17(21)19-15-6-2-4-13(11-15)5-3-9-20/h2,4,6-8,10-11,20H,3,5,9,18H2,1H3,(H,19,21). The molecular weight excluding hydrogens is 264 g/mol. The number of anilines is 2. The third-order valence-electron chi connectivity index (χ3n) is 3.34. The number of nitrogen functional groups attached to an aromatic ring is 1. The fourth-order valence-corrected chi connectivity index (χ4v) is 2.11. The highest BCUT2D eigenvalue weighted by Crippen LogP contribution is 2.16. The molecule has 2 aromatic rings. The maximum Gasteiger partial charge on any atom is 0.255 e. The number of benzene rings is 2. The Morgan fingerprint density at radius 2 is 2.05 bits per heavy atom. The summed E-state index contributed by atoms with van der Waals surface area (Å²) in [6, 6.07) is 12.9. The van der Waals surface area contributed by atoms with Crippen LogP contribution in [0.4, 0.5) is 11.4 Å². The summed E-state index contributed by atoms with van der Waals surface area (Å²) >= 11 is 0. The van der Waals surface area contributed by atoms with E-state index in [4.69, 9.17) is 10.8 Å². The van der Waals surface area contributed by atoms with Gasteiger partial charge in [0.2, 0.25) is 0 Å². The number of nitrogens with one attached hydrogen (secondary N) is 1. The molecule has 0 spiro atoms. The first-order valence-corrected chi connectivity index (χ1v) is 6.97. The van der Waals surface area contributed by atoms with Crippen molar-refractivity contribution in [2.24, 2.45) is 0 Å². The SMILES string of the molecule is Cc1cc(C(=O)Nc2cccc(CCCO)c2)ccc1N. The van der Waals surface area contributed by atoms with Gasteiger partial charge in [0.05, 0.1) is 0 Å². The van der Waals surface area contributed by atoms with Gasteiger partial charge in [-0.15, -0.1) is 0 Å². The second-order valence-corrected chi connectivity index (χ2v) is 5.05. The lowest BCUT2D eigenvalue weighted by molar-refractivity contribution is 0.102. The zero-order valence-electron chi connectivity index (χ0n) is 12.1. The molecule has 2 rings (SSSR count). The van der Waals surface area contributed by atoms with Crippen LogP contribution in [0.1, 0.15) is 27.9 Å². The lowest BCUT2D eigenvalue weighted by Crippen LogP contribution is -2.12. The average molecular weight is 284 g/mol. The van der Waals surface area contributed by atoms with E-state index in [0.29, 0.717) is 17.7 Å². The first-order valence-electron chi connectivity index (χ1n) is 6.97. The summed E-state index contributed by atoms with van der Waals surface area (Å²) in [6.45, 7) is 2.04. The molecule has 0 aliphatic heterocycles. The number of aliphatic hydroxyl groups is 1. The van der Waals surface area contributed by atoms with Gasteiger partial charge in [0.15, 0.2) is 0 Å². The Kier molecular flexibility index (Phi) is 4.95. The van der Waals surface area contributed by atoms with Crippen LogP contribution in [-0.4, -0.2) is 17.6 Å². The van der Waals surface area contributed by atoms with Gasteiger partial charge in [-0.1, -0.05) is 12.1 Å². The maximum atomic E-state index is 12.2. The third kappa shape index (κ3) is 4.07. The number of nitrogens with two attached hydrogens (primary N) is 1. The Balaban J connectivity index is 2.10. The molecule has 21 heavy (non-hydrogen) atoms. The monoisotopic (exact) mass is 284 g/mol. The highest BCUT2D eigenvalue weighted by Gasteiger charge is 2.07. The fourth-order valence-electron chi connectivity index (χ4n) is 2.11. The largest absolute Gasteiger partial charge is 0.399 e. The van der Waals surface area contributed by atoms with E-state index < -0.39 is 0 Å². The Hall–Kier alpha value is -2.33. The van der Waals surface area contributed by atoms with Crippen molar-refractivity contribution in [3.8, 4) is 0 Å². The predicted octanol–water partition coefficient (Wildman–Crippen LogP) is 2.75. The molecule has 0 heterocycles. The summed E-state index contributed by atoms with van der Waals surface area (Å²) in [5.74, 6) is -0.155. The molecule has 4 nitrogen and oxygen atoms in total. The minimum atomic E-state index is -0.155. The number of aryl methyl sites for hydroxylation is 2. The number of amides is 1. The first-order chi connectivity index (χ1) is 10.1.